The molecule has 1 amide bonds. The number of ether oxygens (including phenoxy) is 2. The standard InChI is InChI=1S/C24H26N4O4/c1-15-27-20-13-22(32-3)21(31-2)12-18(20)24(30)28(15)11-10-25-23(29)9-8-16-14-26-19-7-5-4-6-17(16)19/h4-7,12-14,26H,8-11H2,1-3H3,(H,25,29). The Labute approximate surface area is 185 Å². The van der Waals surface area contributed by atoms with Gasteiger partial charge in [0, 0.05) is 42.7 Å². The van der Waals surface area contributed by atoms with E-state index < -0.39 is 0 Å². The highest BCUT2D eigenvalue weighted by atomic mass is 16.5. The molecule has 0 aliphatic rings. The molecule has 0 bridgehead atoms. The normalized spacial score (nSPS) is 11.1. The highest BCUT2D eigenvalue weighted by Gasteiger charge is 2.13. The Bertz CT molecular complexity index is 1340. The van der Waals surface area contributed by atoms with E-state index in [2.05, 4.69) is 15.3 Å². The first kappa shape index (κ1) is 21.4. The molecule has 0 saturated carbocycles. The van der Waals surface area contributed by atoms with Crippen molar-refractivity contribution in [1.29, 1.82) is 0 Å². The van der Waals surface area contributed by atoms with Gasteiger partial charge in [-0.2, -0.15) is 0 Å². The van der Waals surface area contributed by atoms with Crippen molar-refractivity contribution in [3.8, 4) is 11.5 Å². The number of nitrogens with one attached hydrogen (secondary N) is 2. The van der Waals surface area contributed by atoms with E-state index in [0.717, 1.165) is 16.5 Å². The van der Waals surface area contributed by atoms with Gasteiger partial charge in [-0.15, -0.1) is 0 Å². The van der Waals surface area contributed by atoms with Gasteiger partial charge in [-0.25, -0.2) is 4.98 Å². The summed E-state index contributed by atoms with van der Waals surface area (Å²) in [6.07, 6.45) is 2.97. The van der Waals surface area contributed by atoms with Crippen LogP contribution in [0.4, 0.5) is 0 Å². The number of carbonyl (C=O) groups is 1. The van der Waals surface area contributed by atoms with Crippen molar-refractivity contribution in [3.63, 3.8) is 0 Å². The molecule has 0 atom stereocenters. The predicted molar refractivity (Wildman–Crippen MR) is 123 cm³/mol. The summed E-state index contributed by atoms with van der Waals surface area (Å²) in [5.74, 6) is 1.51. The van der Waals surface area contributed by atoms with Gasteiger partial charge in [0.2, 0.25) is 5.91 Å². The number of hydrogen-bond acceptors (Lipinski definition) is 5. The van der Waals surface area contributed by atoms with Gasteiger partial charge in [0.1, 0.15) is 5.82 Å². The van der Waals surface area contributed by atoms with E-state index in [9.17, 15) is 9.59 Å². The SMILES string of the molecule is COc1cc2nc(C)n(CCNC(=O)CCc3c[nH]c4ccccc34)c(=O)c2cc1OC. The smallest absolute Gasteiger partial charge is 0.261 e. The summed E-state index contributed by atoms with van der Waals surface area (Å²) in [7, 11) is 3.06. The number of aryl methyl sites for hydroxylation is 2. The molecule has 8 nitrogen and oxygen atoms in total. The fourth-order valence-electron chi connectivity index (χ4n) is 3.90. The van der Waals surface area contributed by atoms with Gasteiger partial charge in [0.05, 0.1) is 25.1 Å². The fraction of sp³-hybridized carbons (Fsp3) is 0.292. The number of benzene rings is 2. The molecule has 2 aromatic carbocycles. The lowest BCUT2D eigenvalue weighted by Crippen LogP contribution is -2.32. The zero-order valence-corrected chi connectivity index (χ0v) is 18.4. The van der Waals surface area contributed by atoms with E-state index in [4.69, 9.17) is 9.47 Å². The molecular weight excluding hydrogens is 408 g/mol. The Hall–Kier alpha value is -3.81. The van der Waals surface area contributed by atoms with Crippen LogP contribution in [0.1, 0.15) is 17.8 Å². The molecule has 8 heteroatoms. The number of carbonyl (C=O) groups excluding carboxylic acids is 1. The molecule has 4 rings (SSSR count). The second-order valence-corrected chi connectivity index (χ2v) is 7.55. The van der Waals surface area contributed by atoms with Crippen molar-refractivity contribution in [1.82, 2.24) is 19.9 Å². The van der Waals surface area contributed by atoms with Gasteiger partial charge in [-0.05, 0) is 31.0 Å². The van der Waals surface area contributed by atoms with Crippen LogP contribution in [0.5, 0.6) is 11.5 Å². The Morgan fingerprint density at radius 3 is 2.66 bits per heavy atom. The summed E-state index contributed by atoms with van der Waals surface area (Å²) >= 11 is 0. The quantitative estimate of drug-likeness (QED) is 0.444. The fourth-order valence-corrected chi connectivity index (χ4v) is 3.90. The summed E-state index contributed by atoms with van der Waals surface area (Å²) in [5.41, 5.74) is 2.55. The van der Waals surface area contributed by atoms with Gasteiger partial charge in [-0.3, -0.25) is 14.2 Å². The van der Waals surface area contributed by atoms with Gasteiger partial charge in [0.25, 0.3) is 5.56 Å². The molecule has 2 heterocycles. The number of fused-ring (bicyclic) bond motifs is 2. The van der Waals surface area contributed by atoms with Crippen LogP contribution in [0, 0.1) is 6.92 Å². The predicted octanol–water partition coefficient (Wildman–Crippen LogP) is 2.95. The third kappa shape index (κ3) is 4.16. The zero-order valence-electron chi connectivity index (χ0n) is 18.4. The average Bonchev–Trinajstić information content (AvgIpc) is 3.22. The summed E-state index contributed by atoms with van der Waals surface area (Å²) < 4.78 is 12.2. The number of amides is 1. The van der Waals surface area contributed by atoms with E-state index >= 15 is 0 Å². The van der Waals surface area contributed by atoms with Crippen LogP contribution in [-0.4, -0.2) is 41.2 Å². The van der Waals surface area contributed by atoms with Crippen LogP contribution < -0.4 is 20.3 Å². The maximum absolute atomic E-state index is 13.0. The summed E-state index contributed by atoms with van der Waals surface area (Å²) in [6.45, 7) is 2.45. The Morgan fingerprint density at radius 2 is 1.88 bits per heavy atom. The minimum Gasteiger partial charge on any atom is -0.493 e. The van der Waals surface area contributed by atoms with Crippen LogP contribution in [0.3, 0.4) is 0 Å². The highest BCUT2D eigenvalue weighted by molar-refractivity contribution is 5.84. The molecule has 32 heavy (non-hydrogen) atoms. The third-order valence-corrected chi connectivity index (χ3v) is 5.60. The minimum atomic E-state index is -0.179. The summed E-state index contributed by atoms with van der Waals surface area (Å²) in [4.78, 5) is 33.1. The number of methoxy groups -OCH3 is 2. The first-order valence-electron chi connectivity index (χ1n) is 10.5. The molecule has 2 N–H and O–H groups in total. The second-order valence-electron chi connectivity index (χ2n) is 7.55. The first-order valence-corrected chi connectivity index (χ1v) is 10.5. The van der Waals surface area contributed by atoms with Crippen LogP contribution in [0.2, 0.25) is 0 Å². The van der Waals surface area contributed by atoms with Gasteiger partial charge in [0.15, 0.2) is 11.5 Å². The third-order valence-electron chi connectivity index (χ3n) is 5.60. The number of hydrogen-bond donors (Lipinski definition) is 2. The van der Waals surface area contributed by atoms with Crippen molar-refractivity contribution in [3.05, 3.63) is 64.3 Å². The summed E-state index contributed by atoms with van der Waals surface area (Å²) in [6, 6.07) is 11.4. The molecule has 0 spiro atoms. The van der Waals surface area contributed by atoms with Crippen molar-refractivity contribution >= 4 is 27.7 Å². The van der Waals surface area contributed by atoms with Crippen LogP contribution in [0.15, 0.2) is 47.4 Å². The molecule has 4 aromatic rings. The Balaban J connectivity index is 1.41. The lowest BCUT2D eigenvalue weighted by Gasteiger charge is -2.13. The van der Waals surface area contributed by atoms with Crippen LogP contribution in [0.25, 0.3) is 21.8 Å². The molecule has 0 aliphatic carbocycles. The first-order chi connectivity index (χ1) is 15.5. The van der Waals surface area contributed by atoms with Crippen molar-refractivity contribution in [2.24, 2.45) is 0 Å². The number of nitrogens with zero attached hydrogens (tertiary/aromatic N) is 2. The number of aromatic amines is 1. The summed E-state index contributed by atoms with van der Waals surface area (Å²) in [5, 5.41) is 4.48. The van der Waals surface area contributed by atoms with Gasteiger partial charge in [-0.1, -0.05) is 18.2 Å². The van der Waals surface area contributed by atoms with E-state index in [1.807, 2.05) is 30.5 Å². The Kier molecular flexibility index (Phi) is 6.11. The molecule has 166 valence electrons. The molecular formula is C24H26N4O4. The van der Waals surface area contributed by atoms with E-state index in [0.29, 0.717) is 54.2 Å². The minimum absolute atomic E-state index is 0.0545. The number of rotatable bonds is 8. The monoisotopic (exact) mass is 434 g/mol. The maximum atomic E-state index is 13.0. The largest absolute Gasteiger partial charge is 0.493 e. The van der Waals surface area contributed by atoms with Crippen LogP contribution in [-0.2, 0) is 17.8 Å². The topological polar surface area (TPSA) is 98.2 Å². The molecule has 2 aromatic heterocycles. The second kappa shape index (κ2) is 9.13. The molecule has 0 fully saturated rings. The lowest BCUT2D eigenvalue weighted by atomic mass is 10.1. The van der Waals surface area contributed by atoms with E-state index in [1.54, 1.807) is 30.7 Å². The Morgan fingerprint density at radius 1 is 1.12 bits per heavy atom. The van der Waals surface area contributed by atoms with Gasteiger partial charge >= 0.3 is 0 Å². The van der Waals surface area contributed by atoms with Gasteiger partial charge < -0.3 is 19.8 Å². The lowest BCUT2D eigenvalue weighted by molar-refractivity contribution is -0.121. The number of H-pyrrole nitrogens is 1. The average molecular weight is 434 g/mol. The maximum Gasteiger partial charge on any atom is 0.261 e. The molecule has 0 unspecified atom stereocenters. The molecule has 0 radical (unpaired) electrons. The van der Waals surface area contributed by atoms with Crippen LogP contribution >= 0.6 is 0 Å². The van der Waals surface area contributed by atoms with Crippen molar-refractivity contribution in [2.45, 2.75) is 26.3 Å². The molecule has 0 aliphatic heterocycles. The highest BCUT2D eigenvalue weighted by Crippen LogP contribution is 2.30. The van der Waals surface area contributed by atoms with Crippen molar-refractivity contribution < 1.29 is 14.3 Å². The van der Waals surface area contributed by atoms with E-state index in [1.165, 1.54) is 7.11 Å². The number of aromatic nitrogens is 3. The molecule has 0 saturated heterocycles. The zero-order chi connectivity index (χ0) is 22.7. The van der Waals surface area contributed by atoms with E-state index in [-0.39, 0.29) is 11.5 Å². The van der Waals surface area contributed by atoms with Crippen molar-refractivity contribution in [2.75, 3.05) is 20.8 Å². The number of para-hydroxylation sites is 1.